The standard InChI is InChI=1S/C22H23F3N6O/c23-22(24,25)21-9-20(10-21,11-21)17-16(26)18(27)30-19(29-17)13-3-6-32-15(8-13)12-2-5-31-14(7-12)1-4-28-31/h1-2,4-5,7,13,15H,3,6,8-11,26H2,(H2,27,29,30). The predicted octanol–water partition coefficient (Wildman–Crippen LogP) is 3.91. The summed E-state index contributed by atoms with van der Waals surface area (Å²) in [4.78, 5) is 9.15. The molecule has 0 spiro atoms. The van der Waals surface area contributed by atoms with Crippen molar-refractivity contribution in [2.24, 2.45) is 5.41 Å². The Labute approximate surface area is 182 Å². The van der Waals surface area contributed by atoms with Crippen molar-refractivity contribution in [1.29, 1.82) is 0 Å². The zero-order valence-corrected chi connectivity index (χ0v) is 17.3. The Kier molecular flexibility index (Phi) is 3.92. The Morgan fingerprint density at radius 3 is 2.66 bits per heavy atom. The van der Waals surface area contributed by atoms with Crippen molar-refractivity contribution in [1.82, 2.24) is 19.6 Å². The molecule has 4 N–H and O–H groups in total. The Morgan fingerprint density at radius 1 is 1.12 bits per heavy atom. The number of hydrogen-bond donors (Lipinski definition) is 2. The summed E-state index contributed by atoms with van der Waals surface area (Å²) in [5, 5.41) is 4.22. The van der Waals surface area contributed by atoms with E-state index in [1.807, 2.05) is 24.4 Å². The first-order valence-electron chi connectivity index (χ1n) is 10.7. The van der Waals surface area contributed by atoms with Gasteiger partial charge in [-0.25, -0.2) is 14.5 Å². The number of halogens is 3. The molecule has 2 bridgehead atoms. The lowest BCUT2D eigenvalue weighted by Gasteiger charge is -2.70. The van der Waals surface area contributed by atoms with Crippen LogP contribution in [-0.4, -0.2) is 32.4 Å². The lowest BCUT2D eigenvalue weighted by atomic mass is 9.34. The van der Waals surface area contributed by atoms with Gasteiger partial charge in [0.1, 0.15) is 5.82 Å². The van der Waals surface area contributed by atoms with Gasteiger partial charge in [0.2, 0.25) is 0 Å². The highest BCUT2D eigenvalue weighted by atomic mass is 19.4. The lowest BCUT2D eigenvalue weighted by Crippen LogP contribution is -2.70. The second kappa shape index (κ2) is 6.34. The molecule has 7 rings (SSSR count). The number of nitrogen functional groups attached to an aromatic ring is 2. The zero-order chi connectivity index (χ0) is 22.3. The molecule has 168 valence electrons. The average molecular weight is 444 g/mol. The number of ether oxygens (including phenoxy) is 1. The minimum atomic E-state index is -4.19. The van der Waals surface area contributed by atoms with E-state index >= 15 is 0 Å². The summed E-state index contributed by atoms with van der Waals surface area (Å²) in [5.74, 6) is 0.691. The summed E-state index contributed by atoms with van der Waals surface area (Å²) < 4.78 is 47.8. The van der Waals surface area contributed by atoms with E-state index in [1.165, 1.54) is 0 Å². The first-order valence-corrected chi connectivity index (χ1v) is 10.7. The molecule has 0 amide bonds. The first kappa shape index (κ1) is 19.8. The second-order valence-corrected chi connectivity index (χ2v) is 9.56. The molecule has 0 radical (unpaired) electrons. The van der Waals surface area contributed by atoms with Gasteiger partial charge in [-0.1, -0.05) is 0 Å². The molecular weight excluding hydrogens is 421 g/mol. The summed E-state index contributed by atoms with van der Waals surface area (Å²) in [7, 11) is 0. The highest BCUT2D eigenvalue weighted by Gasteiger charge is 2.79. The SMILES string of the molecule is Nc1nc(C2CCOC(c3ccn4nccc4c3)C2)nc(C23CC(C(F)(F)F)(C2)C3)c1N. The number of fused-ring (bicyclic) bond motifs is 1. The molecule has 3 aromatic rings. The van der Waals surface area contributed by atoms with Crippen LogP contribution in [0.5, 0.6) is 0 Å². The fourth-order valence-electron chi connectivity index (χ4n) is 5.83. The first-order chi connectivity index (χ1) is 15.2. The van der Waals surface area contributed by atoms with Crippen LogP contribution in [-0.2, 0) is 10.2 Å². The number of nitrogens with zero attached hydrogens (tertiary/aromatic N) is 4. The molecule has 4 aliphatic rings. The molecule has 3 aromatic heterocycles. The third kappa shape index (κ3) is 2.68. The van der Waals surface area contributed by atoms with Crippen molar-refractivity contribution in [3.05, 3.63) is 47.7 Å². The average Bonchev–Trinajstić information content (AvgIpc) is 3.16. The summed E-state index contributed by atoms with van der Waals surface area (Å²) >= 11 is 0. The van der Waals surface area contributed by atoms with Crippen LogP contribution in [0.1, 0.15) is 61.2 Å². The predicted molar refractivity (Wildman–Crippen MR) is 111 cm³/mol. The monoisotopic (exact) mass is 444 g/mol. The van der Waals surface area contributed by atoms with Crippen molar-refractivity contribution in [3.63, 3.8) is 0 Å². The number of alkyl halides is 3. The largest absolute Gasteiger partial charge is 0.394 e. The van der Waals surface area contributed by atoms with Crippen LogP contribution in [0.3, 0.4) is 0 Å². The quantitative estimate of drug-likeness (QED) is 0.635. The van der Waals surface area contributed by atoms with Gasteiger partial charge in [-0.2, -0.15) is 18.3 Å². The van der Waals surface area contributed by atoms with Crippen molar-refractivity contribution in [2.45, 2.75) is 55.7 Å². The van der Waals surface area contributed by atoms with Gasteiger partial charge in [0, 0.05) is 30.3 Å². The van der Waals surface area contributed by atoms with Crippen LogP contribution in [0.2, 0.25) is 0 Å². The van der Waals surface area contributed by atoms with Crippen molar-refractivity contribution in [2.75, 3.05) is 18.1 Å². The highest BCUT2D eigenvalue weighted by Crippen LogP contribution is 2.78. The molecule has 2 unspecified atom stereocenters. The molecule has 3 aliphatic carbocycles. The van der Waals surface area contributed by atoms with Crippen LogP contribution in [0.25, 0.3) is 5.52 Å². The maximum Gasteiger partial charge on any atom is 0.394 e. The van der Waals surface area contributed by atoms with Gasteiger partial charge in [-0.15, -0.1) is 0 Å². The van der Waals surface area contributed by atoms with Gasteiger partial charge >= 0.3 is 6.18 Å². The van der Waals surface area contributed by atoms with E-state index in [4.69, 9.17) is 21.2 Å². The van der Waals surface area contributed by atoms with Gasteiger partial charge in [0.25, 0.3) is 0 Å². The maximum atomic E-state index is 13.3. The fraction of sp³-hybridized carbons (Fsp3) is 0.500. The molecule has 10 heteroatoms. The summed E-state index contributed by atoms with van der Waals surface area (Å²) in [5.41, 5.74) is 12.8. The zero-order valence-electron chi connectivity index (χ0n) is 17.3. The van der Waals surface area contributed by atoms with Crippen LogP contribution in [0.4, 0.5) is 24.7 Å². The third-order valence-corrected chi connectivity index (χ3v) is 7.57. The summed E-state index contributed by atoms with van der Waals surface area (Å²) in [6.07, 6.45) is 0.789. The maximum absolute atomic E-state index is 13.3. The van der Waals surface area contributed by atoms with Gasteiger partial charge in [-0.05, 0) is 55.9 Å². The van der Waals surface area contributed by atoms with E-state index in [1.54, 1.807) is 10.7 Å². The van der Waals surface area contributed by atoms with E-state index in [-0.39, 0.29) is 42.8 Å². The molecule has 4 heterocycles. The van der Waals surface area contributed by atoms with E-state index in [9.17, 15) is 13.2 Å². The molecule has 2 atom stereocenters. The van der Waals surface area contributed by atoms with Gasteiger partial charge in [0.15, 0.2) is 5.82 Å². The minimum absolute atomic E-state index is 0.0135. The molecular formula is C22H23F3N6O. The topological polar surface area (TPSA) is 104 Å². The number of anilines is 2. The molecule has 3 saturated carbocycles. The summed E-state index contributed by atoms with van der Waals surface area (Å²) in [6.45, 7) is 0.533. The minimum Gasteiger partial charge on any atom is -0.394 e. The molecule has 0 aromatic carbocycles. The van der Waals surface area contributed by atoms with Crippen LogP contribution < -0.4 is 11.5 Å². The van der Waals surface area contributed by atoms with E-state index in [2.05, 4.69) is 10.1 Å². The Morgan fingerprint density at radius 2 is 1.91 bits per heavy atom. The van der Waals surface area contributed by atoms with Crippen LogP contribution in [0.15, 0.2) is 30.6 Å². The number of pyridine rings is 1. The Bertz CT molecular complexity index is 1200. The van der Waals surface area contributed by atoms with Crippen LogP contribution in [0, 0.1) is 5.41 Å². The van der Waals surface area contributed by atoms with Gasteiger partial charge in [0.05, 0.1) is 28.4 Å². The van der Waals surface area contributed by atoms with Gasteiger partial charge in [-0.3, -0.25) is 0 Å². The molecule has 1 saturated heterocycles. The van der Waals surface area contributed by atoms with E-state index in [0.717, 1.165) is 11.1 Å². The Balaban J connectivity index is 1.27. The van der Waals surface area contributed by atoms with Gasteiger partial charge < -0.3 is 16.2 Å². The third-order valence-electron chi connectivity index (χ3n) is 7.57. The van der Waals surface area contributed by atoms with Crippen molar-refractivity contribution < 1.29 is 17.9 Å². The molecule has 32 heavy (non-hydrogen) atoms. The second-order valence-electron chi connectivity index (χ2n) is 9.56. The molecule has 1 aliphatic heterocycles. The number of rotatable bonds is 3. The normalized spacial score (nSPS) is 31.8. The highest BCUT2D eigenvalue weighted by molar-refractivity contribution is 5.65. The van der Waals surface area contributed by atoms with Crippen molar-refractivity contribution in [3.8, 4) is 0 Å². The smallest absolute Gasteiger partial charge is 0.394 e. The number of aromatic nitrogens is 4. The van der Waals surface area contributed by atoms with Crippen molar-refractivity contribution >= 4 is 17.0 Å². The van der Waals surface area contributed by atoms with E-state index < -0.39 is 17.0 Å². The number of nitrogens with two attached hydrogens (primary N) is 2. The van der Waals surface area contributed by atoms with Crippen LogP contribution >= 0.6 is 0 Å². The molecule has 4 fully saturated rings. The molecule has 7 nitrogen and oxygen atoms in total. The fourth-order valence-corrected chi connectivity index (χ4v) is 5.83. The summed E-state index contributed by atoms with van der Waals surface area (Å²) in [6, 6.07) is 5.95. The van der Waals surface area contributed by atoms with E-state index in [0.29, 0.717) is 31.0 Å². The Hall–Kier alpha value is -2.88. The number of hydrogen-bond acceptors (Lipinski definition) is 6. The lowest BCUT2D eigenvalue weighted by molar-refractivity contribution is -0.337.